The van der Waals surface area contributed by atoms with E-state index in [1.807, 2.05) is 0 Å². The molecule has 0 amide bonds. The van der Waals surface area contributed by atoms with Gasteiger partial charge in [0.15, 0.2) is 0 Å². The molecule has 0 fully saturated rings. The van der Waals surface area contributed by atoms with Gasteiger partial charge in [-0.2, -0.15) is 0 Å². The largest absolute Gasteiger partial charge is 0.478 e. The van der Waals surface area contributed by atoms with Crippen molar-refractivity contribution in [1.29, 1.82) is 0 Å². The van der Waals surface area contributed by atoms with Gasteiger partial charge in [-0.15, -0.1) is 0 Å². The lowest BCUT2D eigenvalue weighted by molar-refractivity contribution is -0.134. The molecule has 0 saturated carbocycles. The van der Waals surface area contributed by atoms with Crippen LogP contribution in [0.4, 0.5) is 0 Å². The van der Waals surface area contributed by atoms with E-state index in [9.17, 15) is 9.59 Å². The van der Waals surface area contributed by atoms with Crippen LogP contribution in [0, 0.1) is 0 Å². The minimum atomic E-state index is -1.26. The number of nitrogens with zero attached hydrogens (tertiary/aromatic N) is 2. The molecule has 0 bridgehead atoms. The van der Waals surface area contributed by atoms with E-state index >= 15 is 0 Å². The number of aliphatic imine (C=N–C) groups is 1. The van der Waals surface area contributed by atoms with Crippen LogP contribution < -0.4 is 0 Å². The first-order valence-electron chi connectivity index (χ1n) is 8.43. The van der Waals surface area contributed by atoms with Crippen LogP contribution in [0.5, 0.6) is 0 Å². The average Bonchev–Trinajstić information content (AvgIpc) is 3.01. The summed E-state index contributed by atoms with van der Waals surface area (Å²) in [6.07, 6.45) is 3.45. The molecular weight excluding hydrogens is 332 g/mol. The summed E-state index contributed by atoms with van der Waals surface area (Å²) in [5.74, 6) is -2.51. The number of hydrogen-bond donors (Lipinski definition) is 2. The number of aromatic nitrogens is 1. The molecule has 0 radical (unpaired) electrons. The van der Waals surface area contributed by atoms with E-state index in [1.54, 1.807) is 0 Å². The van der Waals surface area contributed by atoms with Gasteiger partial charge in [-0.25, -0.2) is 9.59 Å². The normalized spacial score (nSPS) is 14.4. The lowest BCUT2D eigenvalue weighted by atomic mass is 9.90. The standard InChI is InChI=1S/C16H16N2.C4H4O4/c1-11-15-10-13-7-6-12-4-2-3-5-14(12)16(13)18(15)9-8-17-11;5-3(6)1-2-4(7)8/h2-5,10H,6-9H2,1H3;1-2H,(H,5,6)(H,7,8)/b;2-1+. The van der Waals surface area contributed by atoms with Crippen molar-refractivity contribution >= 4 is 17.7 Å². The first kappa shape index (κ1) is 17.7. The summed E-state index contributed by atoms with van der Waals surface area (Å²) in [6.45, 7) is 4.07. The van der Waals surface area contributed by atoms with E-state index in [4.69, 9.17) is 10.2 Å². The number of aryl methyl sites for hydroxylation is 2. The van der Waals surface area contributed by atoms with Crippen molar-refractivity contribution in [1.82, 2.24) is 4.57 Å². The number of rotatable bonds is 2. The molecule has 26 heavy (non-hydrogen) atoms. The number of aliphatic carboxylic acids is 2. The van der Waals surface area contributed by atoms with Crippen LogP contribution in [0.15, 0.2) is 47.5 Å². The number of fused-ring (bicyclic) bond motifs is 5. The van der Waals surface area contributed by atoms with Crippen molar-refractivity contribution in [3.8, 4) is 11.3 Å². The summed E-state index contributed by atoms with van der Waals surface area (Å²) < 4.78 is 2.47. The van der Waals surface area contributed by atoms with Gasteiger partial charge in [0.25, 0.3) is 0 Å². The highest BCUT2D eigenvalue weighted by atomic mass is 16.4. The highest BCUT2D eigenvalue weighted by molar-refractivity contribution is 5.99. The Balaban J connectivity index is 0.000000211. The first-order valence-corrected chi connectivity index (χ1v) is 8.43. The van der Waals surface area contributed by atoms with Gasteiger partial charge >= 0.3 is 11.9 Å². The molecule has 0 atom stereocenters. The predicted molar refractivity (Wildman–Crippen MR) is 98.8 cm³/mol. The number of hydrogen-bond acceptors (Lipinski definition) is 3. The second-order valence-electron chi connectivity index (χ2n) is 6.19. The van der Waals surface area contributed by atoms with Gasteiger partial charge < -0.3 is 14.8 Å². The molecule has 2 heterocycles. The number of benzene rings is 1. The number of carboxylic acid groups (broad SMARTS) is 2. The quantitative estimate of drug-likeness (QED) is 0.813. The molecule has 134 valence electrons. The van der Waals surface area contributed by atoms with Crippen molar-refractivity contribution in [2.24, 2.45) is 4.99 Å². The second-order valence-corrected chi connectivity index (χ2v) is 6.19. The van der Waals surface area contributed by atoms with Gasteiger partial charge in [-0.3, -0.25) is 4.99 Å². The van der Waals surface area contributed by atoms with Crippen LogP contribution in [0.25, 0.3) is 11.3 Å². The van der Waals surface area contributed by atoms with Gasteiger partial charge in [0.05, 0.1) is 23.6 Å². The Kier molecular flexibility index (Phi) is 5.02. The van der Waals surface area contributed by atoms with E-state index in [2.05, 4.69) is 46.8 Å². The summed E-state index contributed by atoms with van der Waals surface area (Å²) in [5.41, 5.74) is 8.38. The Morgan fingerprint density at radius 1 is 1.08 bits per heavy atom. The lowest BCUT2D eigenvalue weighted by Gasteiger charge is -2.21. The Bertz CT molecular complexity index is 906. The fraction of sp³-hybridized carbons (Fsp3) is 0.250. The molecule has 1 aliphatic carbocycles. The number of carboxylic acids is 2. The van der Waals surface area contributed by atoms with Crippen LogP contribution in [-0.4, -0.2) is 39.0 Å². The third-order valence-corrected chi connectivity index (χ3v) is 4.52. The maximum absolute atomic E-state index is 9.55. The molecule has 2 aromatic rings. The SMILES string of the molecule is CC1=NCCn2c1cc1c2-c2ccccc2CC1.O=C(O)/C=C/C(=O)O. The van der Waals surface area contributed by atoms with Gasteiger partial charge in [-0.1, -0.05) is 24.3 Å². The van der Waals surface area contributed by atoms with Crippen LogP contribution >= 0.6 is 0 Å². The van der Waals surface area contributed by atoms with Gasteiger partial charge in [0.1, 0.15) is 0 Å². The average molecular weight is 352 g/mol. The monoisotopic (exact) mass is 352 g/mol. The highest BCUT2D eigenvalue weighted by Gasteiger charge is 2.24. The third-order valence-electron chi connectivity index (χ3n) is 4.52. The molecule has 2 N–H and O–H groups in total. The maximum atomic E-state index is 9.55. The summed E-state index contributed by atoms with van der Waals surface area (Å²) >= 11 is 0. The smallest absolute Gasteiger partial charge is 0.328 e. The molecular formula is C20H20N2O4. The predicted octanol–water partition coefficient (Wildman–Crippen LogP) is 2.79. The summed E-state index contributed by atoms with van der Waals surface area (Å²) in [4.78, 5) is 23.7. The maximum Gasteiger partial charge on any atom is 0.328 e. The molecule has 2 aliphatic rings. The van der Waals surface area contributed by atoms with Crippen LogP contribution in [0.3, 0.4) is 0 Å². The van der Waals surface area contributed by atoms with Gasteiger partial charge in [0, 0.05) is 24.3 Å². The third kappa shape index (κ3) is 3.59. The zero-order chi connectivity index (χ0) is 18.7. The zero-order valence-electron chi connectivity index (χ0n) is 14.5. The number of carbonyl (C=O) groups is 2. The minimum Gasteiger partial charge on any atom is -0.478 e. The molecule has 6 nitrogen and oxygen atoms in total. The molecule has 4 rings (SSSR count). The van der Waals surface area contributed by atoms with Crippen molar-refractivity contribution < 1.29 is 19.8 Å². The van der Waals surface area contributed by atoms with E-state index < -0.39 is 11.9 Å². The Labute approximate surface area is 151 Å². The summed E-state index contributed by atoms with van der Waals surface area (Å²) in [7, 11) is 0. The van der Waals surface area contributed by atoms with E-state index in [1.165, 1.54) is 46.6 Å². The van der Waals surface area contributed by atoms with Crippen LogP contribution in [0.1, 0.15) is 23.7 Å². The molecule has 1 aliphatic heterocycles. The van der Waals surface area contributed by atoms with E-state index in [0.29, 0.717) is 12.2 Å². The molecule has 1 aromatic heterocycles. The fourth-order valence-corrected chi connectivity index (χ4v) is 3.43. The Morgan fingerprint density at radius 3 is 2.42 bits per heavy atom. The zero-order valence-corrected chi connectivity index (χ0v) is 14.5. The molecule has 0 saturated heterocycles. The van der Waals surface area contributed by atoms with Crippen molar-refractivity contribution in [3.63, 3.8) is 0 Å². The topological polar surface area (TPSA) is 91.9 Å². The Hall–Kier alpha value is -3.15. The van der Waals surface area contributed by atoms with E-state index in [-0.39, 0.29) is 0 Å². The second kappa shape index (κ2) is 7.39. The lowest BCUT2D eigenvalue weighted by Crippen LogP contribution is -2.17. The highest BCUT2D eigenvalue weighted by Crippen LogP contribution is 2.36. The van der Waals surface area contributed by atoms with Gasteiger partial charge in [-0.05, 0) is 37.0 Å². The van der Waals surface area contributed by atoms with Crippen LogP contribution in [0.2, 0.25) is 0 Å². The van der Waals surface area contributed by atoms with Crippen molar-refractivity contribution in [2.45, 2.75) is 26.3 Å². The molecule has 6 heteroatoms. The molecule has 1 aromatic carbocycles. The summed E-state index contributed by atoms with van der Waals surface area (Å²) in [6, 6.07) is 11.2. The van der Waals surface area contributed by atoms with Crippen molar-refractivity contribution in [2.75, 3.05) is 6.54 Å². The Morgan fingerprint density at radius 2 is 1.73 bits per heavy atom. The first-order chi connectivity index (χ1) is 12.5. The van der Waals surface area contributed by atoms with E-state index in [0.717, 1.165) is 13.1 Å². The fourth-order valence-electron chi connectivity index (χ4n) is 3.43. The molecule has 0 spiro atoms. The van der Waals surface area contributed by atoms with Crippen molar-refractivity contribution in [3.05, 3.63) is 59.3 Å². The van der Waals surface area contributed by atoms with Crippen LogP contribution in [-0.2, 0) is 29.0 Å². The molecule has 0 unspecified atom stereocenters. The summed E-state index contributed by atoms with van der Waals surface area (Å²) in [5, 5.41) is 15.6. The van der Waals surface area contributed by atoms with Gasteiger partial charge in [0.2, 0.25) is 0 Å². The minimum absolute atomic E-state index is 0.558.